The van der Waals surface area contributed by atoms with Gasteiger partial charge in [0.2, 0.25) is 0 Å². The Morgan fingerprint density at radius 2 is 2.31 bits per heavy atom. The van der Waals surface area contributed by atoms with Gasteiger partial charge in [-0.2, -0.15) is 4.98 Å². The summed E-state index contributed by atoms with van der Waals surface area (Å²) in [6.45, 7) is 0.633. The molecule has 0 spiro atoms. The van der Waals surface area contributed by atoms with Crippen molar-refractivity contribution in [2.75, 3.05) is 25.6 Å². The van der Waals surface area contributed by atoms with Gasteiger partial charge >= 0.3 is 0 Å². The Hall–Kier alpha value is -1.59. The summed E-state index contributed by atoms with van der Waals surface area (Å²) in [4.78, 5) is 4.22. The van der Waals surface area contributed by atoms with Gasteiger partial charge < -0.3 is 19.6 Å². The van der Waals surface area contributed by atoms with Gasteiger partial charge in [0.05, 0.1) is 12.7 Å². The van der Waals surface area contributed by atoms with Crippen molar-refractivity contribution in [3.05, 3.63) is 24.3 Å². The van der Waals surface area contributed by atoms with Crippen LogP contribution in [-0.4, -0.2) is 36.5 Å². The Balaban J connectivity index is 1.99. The minimum atomic E-state index is -0.569. The third-order valence-corrected chi connectivity index (χ3v) is 2.14. The number of nitrogens with one attached hydrogen (secondary N) is 1. The summed E-state index contributed by atoms with van der Waals surface area (Å²) < 4.78 is 10.2. The molecule has 0 saturated carbocycles. The molecule has 1 heterocycles. The third kappa shape index (κ3) is 2.50. The number of hydrogen-bond acceptors (Lipinski definition) is 5. The summed E-state index contributed by atoms with van der Waals surface area (Å²) in [7, 11) is 1.54. The molecule has 86 valence electrons. The Labute approximate surface area is 93.0 Å². The molecule has 0 radical (unpaired) electrons. The second kappa shape index (κ2) is 4.96. The van der Waals surface area contributed by atoms with E-state index in [1.54, 1.807) is 7.11 Å². The molecule has 1 unspecified atom stereocenters. The van der Waals surface area contributed by atoms with Crippen molar-refractivity contribution in [3.63, 3.8) is 0 Å². The van der Waals surface area contributed by atoms with E-state index in [1.165, 1.54) is 0 Å². The standard InChI is InChI=1S/C11H14N2O3/c1-15-7-8(14)6-12-11-13-9-4-2-3-5-10(9)16-11/h2-5,8,14H,6-7H2,1H3,(H,12,13). The van der Waals surface area contributed by atoms with Crippen LogP contribution in [0, 0.1) is 0 Å². The van der Waals surface area contributed by atoms with E-state index in [2.05, 4.69) is 10.3 Å². The normalized spacial score (nSPS) is 12.9. The number of oxazole rings is 1. The average Bonchev–Trinajstić information content (AvgIpc) is 2.69. The van der Waals surface area contributed by atoms with Crippen LogP contribution in [0.3, 0.4) is 0 Å². The third-order valence-electron chi connectivity index (χ3n) is 2.14. The number of rotatable bonds is 5. The van der Waals surface area contributed by atoms with Crippen molar-refractivity contribution in [2.24, 2.45) is 0 Å². The van der Waals surface area contributed by atoms with Crippen LogP contribution in [0.2, 0.25) is 0 Å². The molecule has 0 fully saturated rings. The van der Waals surface area contributed by atoms with E-state index in [4.69, 9.17) is 9.15 Å². The maximum absolute atomic E-state index is 9.43. The minimum absolute atomic E-state index is 0.285. The van der Waals surface area contributed by atoms with E-state index in [1.807, 2.05) is 24.3 Å². The molecule has 2 aromatic rings. The maximum Gasteiger partial charge on any atom is 0.295 e. The molecule has 0 amide bonds. The molecule has 0 aliphatic carbocycles. The zero-order chi connectivity index (χ0) is 11.4. The average molecular weight is 222 g/mol. The van der Waals surface area contributed by atoms with Crippen LogP contribution >= 0.6 is 0 Å². The number of para-hydroxylation sites is 2. The summed E-state index contributed by atoms with van der Waals surface area (Å²) in [6.07, 6.45) is -0.569. The first-order chi connectivity index (χ1) is 7.79. The van der Waals surface area contributed by atoms with Crippen LogP contribution in [-0.2, 0) is 4.74 Å². The molecule has 5 heteroatoms. The van der Waals surface area contributed by atoms with Crippen molar-refractivity contribution < 1.29 is 14.3 Å². The lowest BCUT2D eigenvalue weighted by Gasteiger charge is -2.08. The fourth-order valence-corrected chi connectivity index (χ4v) is 1.40. The Bertz CT molecular complexity index is 422. The Morgan fingerprint density at radius 3 is 3.06 bits per heavy atom. The Kier molecular flexibility index (Phi) is 3.38. The van der Waals surface area contributed by atoms with Crippen LogP contribution in [0.4, 0.5) is 6.01 Å². The molecular formula is C11H14N2O3. The highest BCUT2D eigenvalue weighted by atomic mass is 16.5. The van der Waals surface area contributed by atoms with E-state index in [9.17, 15) is 5.11 Å². The van der Waals surface area contributed by atoms with Gasteiger partial charge in [-0.1, -0.05) is 12.1 Å². The predicted molar refractivity (Wildman–Crippen MR) is 60.4 cm³/mol. The number of aliphatic hydroxyl groups is 1. The minimum Gasteiger partial charge on any atom is -0.424 e. The highest BCUT2D eigenvalue weighted by Gasteiger charge is 2.07. The fraction of sp³-hybridized carbons (Fsp3) is 0.364. The van der Waals surface area contributed by atoms with Crippen LogP contribution in [0.15, 0.2) is 28.7 Å². The zero-order valence-electron chi connectivity index (χ0n) is 9.01. The van der Waals surface area contributed by atoms with Crippen LogP contribution < -0.4 is 5.32 Å². The monoisotopic (exact) mass is 222 g/mol. The second-order valence-corrected chi connectivity index (χ2v) is 3.48. The van der Waals surface area contributed by atoms with Crippen LogP contribution in [0.25, 0.3) is 11.1 Å². The van der Waals surface area contributed by atoms with Gasteiger partial charge in [-0.25, -0.2) is 0 Å². The van der Waals surface area contributed by atoms with E-state index >= 15 is 0 Å². The van der Waals surface area contributed by atoms with Crippen molar-refractivity contribution in [2.45, 2.75) is 6.10 Å². The van der Waals surface area contributed by atoms with E-state index < -0.39 is 6.10 Å². The number of fused-ring (bicyclic) bond motifs is 1. The SMILES string of the molecule is COCC(O)CNc1nc2ccccc2o1. The molecule has 1 aromatic carbocycles. The first-order valence-corrected chi connectivity index (χ1v) is 5.06. The molecule has 0 saturated heterocycles. The summed E-state index contributed by atoms with van der Waals surface area (Å²) in [5.41, 5.74) is 1.53. The molecule has 5 nitrogen and oxygen atoms in total. The zero-order valence-corrected chi connectivity index (χ0v) is 9.01. The van der Waals surface area contributed by atoms with Gasteiger partial charge in [-0.05, 0) is 12.1 Å². The lowest BCUT2D eigenvalue weighted by atomic mass is 10.3. The van der Waals surface area contributed by atoms with Gasteiger partial charge in [-0.3, -0.25) is 0 Å². The molecule has 2 N–H and O–H groups in total. The summed E-state index contributed by atoms with van der Waals surface area (Å²) >= 11 is 0. The van der Waals surface area contributed by atoms with Crippen molar-refractivity contribution in [1.82, 2.24) is 4.98 Å². The highest BCUT2D eigenvalue weighted by molar-refractivity contribution is 5.74. The van der Waals surface area contributed by atoms with Gasteiger partial charge in [0.1, 0.15) is 5.52 Å². The predicted octanol–water partition coefficient (Wildman–Crippen LogP) is 1.25. The van der Waals surface area contributed by atoms with Gasteiger partial charge in [-0.15, -0.1) is 0 Å². The lowest BCUT2D eigenvalue weighted by Crippen LogP contribution is -2.24. The molecule has 0 bridgehead atoms. The number of nitrogens with zero attached hydrogens (tertiary/aromatic N) is 1. The highest BCUT2D eigenvalue weighted by Crippen LogP contribution is 2.17. The fourth-order valence-electron chi connectivity index (χ4n) is 1.40. The number of ether oxygens (including phenoxy) is 1. The van der Waals surface area contributed by atoms with Crippen LogP contribution in [0.5, 0.6) is 0 Å². The molecular weight excluding hydrogens is 208 g/mol. The number of aromatic nitrogens is 1. The quantitative estimate of drug-likeness (QED) is 0.796. The van der Waals surface area contributed by atoms with Crippen LogP contribution in [0.1, 0.15) is 0 Å². The number of anilines is 1. The largest absolute Gasteiger partial charge is 0.424 e. The van der Waals surface area contributed by atoms with Crippen molar-refractivity contribution in [3.8, 4) is 0 Å². The topological polar surface area (TPSA) is 67.5 Å². The van der Waals surface area contributed by atoms with Crippen molar-refractivity contribution in [1.29, 1.82) is 0 Å². The first kappa shape index (κ1) is 10.9. The second-order valence-electron chi connectivity index (χ2n) is 3.48. The maximum atomic E-state index is 9.43. The number of hydrogen-bond donors (Lipinski definition) is 2. The summed E-state index contributed by atoms with van der Waals surface area (Å²) in [5, 5.41) is 12.3. The molecule has 0 aliphatic heterocycles. The number of methoxy groups -OCH3 is 1. The summed E-state index contributed by atoms with van der Waals surface area (Å²) in [5.74, 6) is 0. The van der Waals surface area contributed by atoms with E-state index in [0.717, 1.165) is 11.1 Å². The molecule has 2 rings (SSSR count). The smallest absolute Gasteiger partial charge is 0.295 e. The first-order valence-electron chi connectivity index (χ1n) is 5.06. The molecule has 0 aliphatic rings. The Morgan fingerprint density at radius 1 is 1.50 bits per heavy atom. The molecule has 1 aromatic heterocycles. The van der Waals surface area contributed by atoms with Gasteiger partial charge in [0.25, 0.3) is 6.01 Å². The number of aliphatic hydroxyl groups excluding tert-OH is 1. The number of benzene rings is 1. The van der Waals surface area contributed by atoms with Gasteiger partial charge in [0, 0.05) is 13.7 Å². The summed E-state index contributed by atoms with van der Waals surface area (Å²) in [6, 6.07) is 7.91. The van der Waals surface area contributed by atoms with E-state index in [-0.39, 0.29) is 6.61 Å². The van der Waals surface area contributed by atoms with Crippen molar-refractivity contribution >= 4 is 17.1 Å². The molecule has 1 atom stereocenters. The van der Waals surface area contributed by atoms with Gasteiger partial charge in [0.15, 0.2) is 5.58 Å². The molecule has 16 heavy (non-hydrogen) atoms. The van der Waals surface area contributed by atoms with E-state index in [0.29, 0.717) is 12.6 Å². The lowest BCUT2D eigenvalue weighted by molar-refractivity contribution is 0.0724.